The average molecular weight is 408 g/mol. The molecule has 2 aromatic carbocycles. The Bertz CT molecular complexity index is 1030. The Morgan fingerprint density at radius 3 is 2.60 bits per heavy atom. The number of hydrogen-bond acceptors (Lipinski definition) is 6. The van der Waals surface area contributed by atoms with Crippen LogP contribution in [0, 0.1) is 10.1 Å². The van der Waals surface area contributed by atoms with Crippen molar-refractivity contribution in [3.63, 3.8) is 0 Å². The smallest absolute Gasteiger partial charge is 0.295 e. The Morgan fingerprint density at radius 1 is 1.17 bits per heavy atom. The second-order valence-corrected chi connectivity index (χ2v) is 7.30. The van der Waals surface area contributed by atoms with Gasteiger partial charge in [-0.25, -0.2) is 0 Å². The van der Waals surface area contributed by atoms with Crippen molar-refractivity contribution in [3.8, 4) is 0 Å². The Labute approximate surface area is 172 Å². The summed E-state index contributed by atoms with van der Waals surface area (Å²) in [5.74, 6) is -1.87. The van der Waals surface area contributed by atoms with Crippen LogP contribution in [0.4, 0.5) is 5.69 Å². The van der Waals surface area contributed by atoms with Gasteiger partial charge in [0.15, 0.2) is 0 Å². The summed E-state index contributed by atoms with van der Waals surface area (Å²) in [5.41, 5.74) is 0.543. The van der Waals surface area contributed by atoms with Gasteiger partial charge < -0.3 is 14.7 Å². The topological polar surface area (TPSA) is 110 Å². The van der Waals surface area contributed by atoms with Crippen LogP contribution in [-0.2, 0) is 14.3 Å². The van der Waals surface area contributed by atoms with Crippen LogP contribution >= 0.6 is 0 Å². The lowest BCUT2D eigenvalue weighted by atomic mass is 9.95. The molecule has 0 saturated carbocycles. The minimum Gasteiger partial charge on any atom is -0.507 e. The number of carbonyl (C=O) groups is 2. The van der Waals surface area contributed by atoms with Gasteiger partial charge in [-0.3, -0.25) is 19.7 Å². The van der Waals surface area contributed by atoms with Gasteiger partial charge in [0, 0.05) is 30.8 Å². The number of ether oxygens (including phenoxy) is 1. The Kier molecular flexibility index (Phi) is 5.33. The number of amides is 1. The van der Waals surface area contributed by atoms with Crippen LogP contribution in [0.3, 0.4) is 0 Å². The summed E-state index contributed by atoms with van der Waals surface area (Å²) in [6.45, 7) is 0.754. The molecule has 2 heterocycles. The summed E-state index contributed by atoms with van der Waals surface area (Å²) >= 11 is 0. The molecule has 1 N–H and O–H groups in total. The fourth-order valence-corrected chi connectivity index (χ4v) is 3.98. The molecule has 0 spiro atoms. The van der Waals surface area contributed by atoms with E-state index in [-0.39, 0.29) is 29.7 Å². The molecule has 0 bridgehead atoms. The highest BCUT2D eigenvalue weighted by Crippen LogP contribution is 2.40. The second-order valence-electron chi connectivity index (χ2n) is 7.30. The highest BCUT2D eigenvalue weighted by molar-refractivity contribution is 6.46. The van der Waals surface area contributed by atoms with E-state index in [2.05, 4.69) is 0 Å². The lowest BCUT2D eigenvalue weighted by Gasteiger charge is -2.27. The van der Waals surface area contributed by atoms with E-state index in [1.807, 2.05) is 0 Å². The highest BCUT2D eigenvalue weighted by Gasteiger charge is 2.47. The van der Waals surface area contributed by atoms with Crippen LogP contribution < -0.4 is 0 Å². The van der Waals surface area contributed by atoms with Crippen LogP contribution in [0.5, 0.6) is 0 Å². The number of non-ortho nitro benzene ring substituents is 1. The number of hydrogen-bond donors (Lipinski definition) is 1. The number of nitrogens with zero attached hydrogens (tertiary/aromatic N) is 2. The van der Waals surface area contributed by atoms with Crippen molar-refractivity contribution in [2.75, 3.05) is 13.2 Å². The van der Waals surface area contributed by atoms with Crippen molar-refractivity contribution in [2.45, 2.75) is 25.0 Å². The van der Waals surface area contributed by atoms with Gasteiger partial charge in [-0.15, -0.1) is 0 Å². The fraction of sp³-hybridized carbons (Fsp3) is 0.273. The number of ketones is 1. The lowest BCUT2D eigenvalue weighted by molar-refractivity contribution is -0.384. The van der Waals surface area contributed by atoms with E-state index in [1.165, 1.54) is 23.1 Å². The van der Waals surface area contributed by atoms with Gasteiger partial charge in [0.2, 0.25) is 0 Å². The molecule has 30 heavy (non-hydrogen) atoms. The molecule has 2 saturated heterocycles. The molecule has 2 aromatic rings. The maximum Gasteiger partial charge on any atom is 0.295 e. The van der Waals surface area contributed by atoms with Gasteiger partial charge in [-0.2, -0.15) is 0 Å². The first kappa shape index (κ1) is 19.8. The maximum absolute atomic E-state index is 12.9. The number of nitro groups is 1. The molecule has 1 amide bonds. The minimum absolute atomic E-state index is 0.0790. The van der Waals surface area contributed by atoms with Gasteiger partial charge >= 0.3 is 0 Å². The van der Waals surface area contributed by atoms with Gasteiger partial charge in [0.05, 0.1) is 22.6 Å². The van der Waals surface area contributed by atoms with Crippen LogP contribution in [0.25, 0.3) is 5.76 Å². The zero-order valence-electron chi connectivity index (χ0n) is 16.1. The van der Waals surface area contributed by atoms with Crippen molar-refractivity contribution >= 4 is 23.1 Å². The van der Waals surface area contributed by atoms with Crippen LogP contribution in [-0.4, -0.2) is 45.9 Å². The minimum atomic E-state index is -0.936. The molecule has 4 rings (SSSR count). The SMILES string of the molecule is O=C1C(=O)N(C[C@@H]2CCCO2)[C@@H](c2cccc([N+](=O)[O-])c2)C1=C(O)c1ccccc1. The molecule has 8 heteroatoms. The summed E-state index contributed by atoms with van der Waals surface area (Å²) < 4.78 is 5.63. The van der Waals surface area contributed by atoms with Crippen LogP contribution in [0.2, 0.25) is 0 Å². The molecule has 0 radical (unpaired) electrons. The second kappa shape index (κ2) is 8.08. The standard InChI is InChI=1S/C22H20N2O6/c25-20(14-6-2-1-3-7-14)18-19(15-8-4-9-16(12-15)24(28)29)23(22(27)21(18)26)13-17-10-5-11-30-17/h1-4,6-9,12,17,19,25H,5,10-11,13H2/t17-,19-/m0/s1. The Morgan fingerprint density at radius 2 is 1.93 bits per heavy atom. The zero-order chi connectivity index (χ0) is 21.3. The first-order valence-electron chi connectivity index (χ1n) is 9.67. The van der Waals surface area contributed by atoms with Crippen molar-refractivity contribution in [3.05, 3.63) is 81.4 Å². The third-order valence-corrected chi connectivity index (χ3v) is 5.41. The molecular weight excluding hydrogens is 388 g/mol. The third-order valence-electron chi connectivity index (χ3n) is 5.41. The molecular formula is C22H20N2O6. The molecule has 0 aromatic heterocycles. The fourth-order valence-electron chi connectivity index (χ4n) is 3.98. The van der Waals surface area contributed by atoms with E-state index in [4.69, 9.17) is 4.74 Å². The molecule has 2 atom stereocenters. The molecule has 8 nitrogen and oxygen atoms in total. The molecule has 0 unspecified atom stereocenters. The number of nitro benzene ring substituents is 1. The number of benzene rings is 2. The monoisotopic (exact) mass is 408 g/mol. The van der Waals surface area contributed by atoms with Crippen molar-refractivity contribution in [1.82, 2.24) is 4.90 Å². The van der Waals surface area contributed by atoms with E-state index < -0.39 is 22.7 Å². The first-order valence-corrected chi connectivity index (χ1v) is 9.67. The van der Waals surface area contributed by atoms with Crippen LogP contribution in [0.15, 0.2) is 60.2 Å². The van der Waals surface area contributed by atoms with E-state index in [1.54, 1.807) is 36.4 Å². The Balaban J connectivity index is 1.85. The van der Waals surface area contributed by atoms with E-state index in [0.29, 0.717) is 17.7 Å². The van der Waals surface area contributed by atoms with Crippen molar-refractivity contribution in [1.29, 1.82) is 0 Å². The maximum atomic E-state index is 12.9. The normalized spacial score (nSPS) is 23.1. The third kappa shape index (κ3) is 3.57. The molecule has 2 aliphatic heterocycles. The van der Waals surface area contributed by atoms with Crippen molar-refractivity contribution in [2.24, 2.45) is 0 Å². The van der Waals surface area contributed by atoms with Gasteiger partial charge in [0.1, 0.15) is 5.76 Å². The molecule has 2 aliphatic rings. The number of aliphatic hydroxyl groups is 1. The predicted molar refractivity (Wildman–Crippen MR) is 108 cm³/mol. The highest BCUT2D eigenvalue weighted by atomic mass is 16.6. The molecule has 154 valence electrons. The van der Waals surface area contributed by atoms with Gasteiger partial charge in [0.25, 0.3) is 17.4 Å². The summed E-state index contributed by atoms with van der Waals surface area (Å²) in [6.07, 6.45) is 1.39. The van der Waals surface area contributed by atoms with Gasteiger partial charge in [-0.05, 0) is 18.4 Å². The molecule has 0 aliphatic carbocycles. The van der Waals surface area contributed by atoms with E-state index >= 15 is 0 Å². The number of likely N-dealkylation sites (tertiary alicyclic amines) is 1. The largest absolute Gasteiger partial charge is 0.507 e. The quantitative estimate of drug-likeness (QED) is 0.267. The average Bonchev–Trinajstić information content (AvgIpc) is 3.36. The first-order chi connectivity index (χ1) is 14.5. The van der Waals surface area contributed by atoms with Crippen LogP contribution in [0.1, 0.15) is 30.0 Å². The summed E-state index contributed by atoms with van der Waals surface area (Å²) in [4.78, 5) is 37.9. The number of Topliss-reactive ketones (excluding diaryl/α,β-unsaturated/α-hetero) is 1. The van der Waals surface area contributed by atoms with Crippen molar-refractivity contribution < 1.29 is 24.4 Å². The van der Waals surface area contributed by atoms with Gasteiger partial charge in [-0.1, -0.05) is 42.5 Å². The van der Waals surface area contributed by atoms with E-state index in [0.717, 1.165) is 12.8 Å². The zero-order valence-corrected chi connectivity index (χ0v) is 16.1. The summed E-state index contributed by atoms with van der Waals surface area (Å²) in [6, 6.07) is 13.3. The molecule has 2 fully saturated rings. The Hall–Kier alpha value is -3.52. The van der Waals surface area contributed by atoms with E-state index in [9.17, 15) is 24.8 Å². The number of carbonyl (C=O) groups excluding carboxylic acids is 2. The number of aliphatic hydroxyl groups excluding tert-OH is 1. The predicted octanol–water partition coefficient (Wildman–Crippen LogP) is 3.20. The summed E-state index contributed by atoms with van der Waals surface area (Å²) in [7, 11) is 0. The number of rotatable bonds is 5. The lowest BCUT2D eigenvalue weighted by Crippen LogP contribution is -2.36. The summed E-state index contributed by atoms with van der Waals surface area (Å²) in [5, 5.41) is 22.2.